The van der Waals surface area contributed by atoms with Crippen molar-refractivity contribution in [1.82, 2.24) is 10.2 Å². The van der Waals surface area contributed by atoms with Crippen LogP contribution in [0.5, 0.6) is 11.5 Å². The summed E-state index contributed by atoms with van der Waals surface area (Å²) in [6.45, 7) is 7.10. The quantitative estimate of drug-likeness (QED) is 0.499. The first-order valence-corrected chi connectivity index (χ1v) is 13.7. The molecule has 0 radical (unpaired) electrons. The number of hydrogen-bond acceptors (Lipinski definition) is 6. The molecule has 2 amide bonds. The second-order valence-electron chi connectivity index (χ2n) is 8.73. The summed E-state index contributed by atoms with van der Waals surface area (Å²) >= 11 is 6.13. The number of anilines is 1. The third kappa shape index (κ3) is 6.82. The van der Waals surface area contributed by atoms with E-state index in [9.17, 15) is 18.0 Å². The van der Waals surface area contributed by atoms with Crippen molar-refractivity contribution < 1.29 is 27.5 Å². The average molecular weight is 538 g/mol. The van der Waals surface area contributed by atoms with Crippen molar-refractivity contribution >= 4 is 39.1 Å². The van der Waals surface area contributed by atoms with Gasteiger partial charge < -0.3 is 19.7 Å². The number of benzene rings is 2. The van der Waals surface area contributed by atoms with Crippen molar-refractivity contribution in [3.63, 3.8) is 0 Å². The van der Waals surface area contributed by atoms with Crippen LogP contribution in [-0.2, 0) is 26.2 Å². The molecule has 0 unspecified atom stereocenters. The van der Waals surface area contributed by atoms with Gasteiger partial charge in [-0.15, -0.1) is 0 Å². The molecule has 1 aliphatic heterocycles. The Bertz CT molecular complexity index is 1200. The van der Waals surface area contributed by atoms with Crippen LogP contribution >= 0.6 is 11.6 Å². The summed E-state index contributed by atoms with van der Waals surface area (Å²) in [5, 5.41) is 3.31. The molecule has 1 N–H and O–H groups in total. The zero-order valence-electron chi connectivity index (χ0n) is 20.9. The molecule has 2 aromatic carbocycles. The predicted molar refractivity (Wildman–Crippen MR) is 139 cm³/mol. The fraction of sp³-hybridized carbons (Fsp3) is 0.440. The first-order chi connectivity index (χ1) is 17.0. The second-order valence-corrected chi connectivity index (χ2v) is 11.3. The van der Waals surface area contributed by atoms with Crippen molar-refractivity contribution in [3.8, 4) is 11.5 Å². The standard InChI is InChI=1S/C25H32ClN3O6S/c1-5-36(32,33)29(21-9-10-22-23(14-21)35-12-11-34-22)16-24(30)28(18(4)25(31)27-17(2)3)15-19-7-6-8-20(26)13-19/h6-10,13-14,17-18H,5,11-12,15-16H2,1-4H3,(H,27,31)/t18-/m0/s1. The fourth-order valence-electron chi connectivity index (χ4n) is 3.73. The lowest BCUT2D eigenvalue weighted by Crippen LogP contribution is -2.52. The van der Waals surface area contributed by atoms with Crippen LogP contribution in [-0.4, -0.2) is 62.7 Å². The average Bonchev–Trinajstić information content (AvgIpc) is 2.84. The Labute approximate surface area is 217 Å². The van der Waals surface area contributed by atoms with Crippen LogP contribution < -0.4 is 19.1 Å². The SMILES string of the molecule is CCS(=O)(=O)N(CC(=O)N(Cc1cccc(Cl)c1)[C@@H](C)C(=O)NC(C)C)c1ccc2c(c1)OCCO2. The minimum atomic E-state index is -3.85. The van der Waals surface area contributed by atoms with E-state index in [1.807, 2.05) is 13.8 Å². The molecule has 11 heteroatoms. The van der Waals surface area contributed by atoms with Crippen molar-refractivity contribution in [2.24, 2.45) is 0 Å². The summed E-state index contributed by atoms with van der Waals surface area (Å²) in [5.74, 6) is -0.181. The van der Waals surface area contributed by atoms with Gasteiger partial charge in [0.05, 0.1) is 11.4 Å². The lowest BCUT2D eigenvalue weighted by molar-refractivity contribution is -0.139. The zero-order valence-corrected chi connectivity index (χ0v) is 22.4. The number of hydrogen-bond donors (Lipinski definition) is 1. The van der Waals surface area contributed by atoms with Crippen molar-refractivity contribution in [2.75, 3.05) is 29.8 Å². The van der Waals surface area contributed by atoms with Crippen LogP contribution in [0, 0.1) is 0 Å². The molecule has 9 nitrogen and oxygen atoms in total. The lowest BCUT2D eigenvalue weighted by atomic mass is 10.1. The summed E-state index contributed by atoms with van der Waals surface area (Å²) in [6.07, 6.45) is 0. The van der Waals surface area contributed by atoms with Gasteiger partial charge in [-0.25, -0.2) is 8.42 Å². The number of amides is 2. The predicted octanol–water partition coefficient (Wildman–Crippen LogP) is 3.21. The number of nitrogens with zero attached hydrogens (tertiary/aromatic N) is 2. The highest BCUT2D eigenvalue weighted by molar-refractivity contribution is 7.92. The van der Waals surface area contributed by atoms with E-state index in [4.69, 9.17) is 21.1 Å². The molecule has 0 aromatic heterocycles. The van der Waals surface area contributed by atoms with Crippen LogP contribution in [0.4, 0.5) is 5.69 Å². The highest BCUT2D eigenvalue weighted by atomic mass is 35.5. The maximum absolute atomic E-state index is 13.7. The van der Waals surface area contributed by atoms with Gasteiger partial charge in [0.2, 0.25) is 21.8 Å². The van der Waals surface area contributed by atoms with Crippen LogP contribution in [0.3, 0.4) is 0 Å². The van der Waals surface area contributed by atoms with Gasteiger partial charge in [-0.2, -0.15) is 0 Å². The number of carbonyl (C=O) groups is 2. The van der Waals surface area contributed by atoms with E-state index in [1.54, 1.807) is 49.4 Å². The summed E-state index contributed by atoms with van der Waals surface area (Å²) in [5.41, 5.74) is 0.987. The molecule has 0 saturated carbocycles. The van der Waals surface area contributed by atoms with Crippen LogP contribution in [0.15, 0.2) is 42.5 Å². The maximum Gasteiger partial charge on any atom is 0.244 e. The van der Waals surface area contributed by atoms with E-state index >= 15 is 0 Å². The summed E-state index contributed by atoms with van der Waals surface area (Å²) in [4.78, 5) is 27.8. The molecule has 1 aliphatic rings. The molecular weight excluding hydrogens is 506 g/mol. The van der Waals surface area contributed by atoms with Gasteiger partial charge in [0.15, 0.2) is 11.5 Å². The van der Waals surface area contributed by atoms with Gasteiger partial charge >= 0.3 is 0 Å². The Kier molecular flexibility index (Phi) is 9.08. The van der Waals surface area contributed by atoms with E-state index in [-0.39, 0.29) is 29.9 Å². The molecule has 3 rings (SSSR count). The van der Waals surface area contributed by atoms with E-state index < -0.39 is 28.5 Å². The van der Waals surface area contributed by atoms with E-state index in [1.165, 1.54) is 11.8 Å². The number of nitrogens with one attached hydrogen (secondary N) is 1. The largest absolute Gasteiger partial charge is 0.486 e. The first-order valence-electron chi connectivity index (χ1n) is 11.8. The van der Waals surface area contributed by atoms with Gasteiger partial charge in [0.1, 0.15) is 25.8 Å². The minimum Gasteiger partial charge on any atom is -0.486 e. The number of sulfonamides is 1. The van der Waals surface area contributed by atoms with Crippen LogP contribution in [0.2, 0.25) is 5.02 Å². The Balaban J connectivity index is 1.95. The van der Waals surface area contributed by atoms with Crippen molar-refractivity contribution in [3.05, 3.63) is 53.1 Å². The molecule has 36 heavy (non-hydrogen) atoms. The van der Waals surface area contributed by atoms with Crippen molar-refractivity contribution in [2.45, 2.75) is 46.3 Å². The fourth-order valence-corrected chi connectivity index (χ4v) is 4.99. The molecule has 0 spiro atoms. The van der Waals surface area contributed by atoms with Crippen LogP contribution in [0.1, 0.15) is 33.3 Å². The monoisotopic (exact) mass is 537 g/mol. The Hall–Kier alpha value is -2.98. The first kappa shape index (κ1) is 27.6. The number of halogens is 1. The highest BCUT2D eigenvalue weighted by Crippen LogP contribution is 2.35. The maximum atomic E-state index is 13.7. The third-order valence-corrected chi connectivity index (χ3v) is 7.61. The number of ether oxygens (including phenoxy) is 2. The number of rotatable bonds is 10. The molecule has 0 saturated heterocycles. The van der Waals surface area contributed by atoms with E-state index in [0.717, 1.165) is 4.31 Å². The molecule has 1 atom stereocenters. The molecule has 2 aromatic rings. The van der Waals surface area contributed by atoms with Gasteiger partial charge in [-0.05, 0) is 57.5 Å². The smallest absolute Gasteiger partial charge is 0.244 e. The Morgan fingerprint density at radius 2 is 1.75 bits per heavy atom. The minimum absolute atomic E-state index is 0.0766. The molecule has 0 aliphatic carbocycles. The molecule has 196 valence electrons. The molecule has 0 fully saturated rings. The van der Waals surface area contributed by atoms with Crippen LogP contribution in [0.25, 0.3) is 0 Å². The molecular formula is C25H32ClN3O6S. The molecule has 0 bridgehead atoms. The number of fused-ring (bicyclic) bond motifs is 1. The third-order valence-electron chi connectivity index (χ3n) is 5.63. The van der Waals surface area contributed by atoms with Gasteiger partial charge in [0, 0.05) is 23.7 Å². The van der Waals surface area contributed by atoms with Gasteiger partial charge in [-0.1, -0.05) is 23.7 Å². The lowest BCUT2D eigenvalue weighted by Gasteiger charge is -2.32. The van der Waals surface area contributed by atoms with Gasteiger partial charge in [0.25, 0.3) is 0 Å². The Morgan fingerprint density at radius 1 is 1.06 bits per heavy atom. The highest BCUT2D eigenvalue weighted by Gasteiger charge is 2.31. The van der Waals surface area contributed by atoms with Crippen molar-refractivity contribution in [1.29, 1.82) is 0 Å². The summed E-state index contributed by atoms with van der Waals surface area (Å²) < 4.78 is 38.3. The molecule has 1 heterocycles. The summed E-state index contributed by atoms with van der Waals surface area (Å²) in [7, 11) is -3.85. The Morgan fingerprint density at radius 3 is 2.39 bits per heavy atom. The van der Waals surface area contributed by atoms with Gasteiger partial charge in [-0.3, -0.25) is 13.9 Å². The topological polar surface area (TPSA) is 105 Å². The second kappa shape index (κ2) is 11.8. The van der Waals surface area contributed by atoms with E-state index in [0.29, 0.717) is 35.3 Å². The number of carbonyl (C=O) groups excluding carboxylic acids is 2. The van der Waals surface area contributed by atoms with E-state index in [2.05, 4.69) is 5.32 Å². The normalized spacial score (nSPS) is 13.7. The summed E-state index contributed by atoms with van der Waals surface area (Å²) in [6, 6.07) is 10.7. The zero-order chi connectivity index (χ0) is 26.5.